The Morgan fingerprint density at radius 2 is 1.77 bits per heavy atom. The summed E-state index contributed by atoms with van der Waals surface area (Å²) in [6, 6.07) is 0.226. The Morgan fingerprint density at radius 1 is 1.09 bits per heavy atom. The molecule has 1 fully saturated rings. The number of nitrogens with zero attached hydrogens (tertiary/aromatic N) is 2. The fourth-order valence-corrected chi connectivity index (χ4v) is 2.61. The van der Waals surface area contributed by atoms with Crippen LogP contribution in [-0.4, -0.2) is 68.2 Å². The molecule has 0 aromatic heterocycles. The molecular formula is C16H31N3O3. The summed E-state index contributed by atoms with van der Waals surface area (Å²) in [4.78, 5) is 27.7. The largest absolute Gasteiger partial charge is 0.466 e. The highest BCUT2D eigenvalue weighted by molar-refractivity contribution is 5.76. The number of nitrogens with one attached hydrogen (secondary N) is 1. The van der Waals surface area contributed by atoms with Gasteiger partial charge in [-0.2, -0.15) is 0 Å². The molecule has 0 aromatic carbocycles. The number of urea groups is 1. The minimum atomic E-state index is -0.247. The maximum absolute atomic E-state index is 12.4. The average molecular weight is 313 g/mol. The zero-order valence-corrected chi connectivity index (χ0v) is 14.3. The molecule has 1 rings (SSSR count). The van der Waals surface area contributed by atoms with E-state index in [-0.39, 0.29) is 24.5 Å². The first-order valence-electron chi connectivity index (χ1n) is 8.38. The van der Waals surface area contributed by atoms with E-state index in [0.29, 0.717) is 19.7 Å². The topological polar surface area (TPSA) is 61.9 Å². The predicted octanol–water partition coefficient (Wildman–Crippen LogP) is 1.85. The van der Waals surface area contributed by atoms with Crippen LogP contribution in [0.5, 0.6) is 0 Å². The molecule has 0 radical (unpaired) electrons. The van der Waals surface area contributed by atoms with Gasteiger partial charge in [0.25, 0.3) is 0 Å². The summed E-state index contributed by atoms with van der Waals surface area (Å²) in [6.07, 6.45) is 6.01. The van der Waals surface area contributed by atoms with Crippen LogP contribution in [0.3, 0.4) is 0 Å². The molecular weight excluding hydrogens is 282 g/mol. The van der Waals surface area contributed by atoms with Crippen molar-refractivity contribution >= 4 is 12.0 Å². The van der Waals surface area contributed by atoms with E-state index in [1.165, 1.54) is 19.3 Å². The smallest absolute Gasteiger partial charge is 0.317 e. The predicted molar refractivity (Wildman–Crippen MR) is 86.8 cm³/mol. The van der Waals surface area contributed by atoms with Crippen LogP contribution in [0.1, 0.15) is 45.4 Å². The van der Waals surface area contributed by atoms with Crippen molar-refractivity contribution in [3.05, 3.63) is 0 Å². The van der Waals surface area contributed by atoms with Crippen molar-refractivity contribution < 1.29 is 14.3 Å². The summed E-state index contributed by atoms with van der Waals surface area (Å²) >= 11 is 0. The Hall–Kier alpha value is -1.30. The number of esters is 1. The van der Waals surface area contributed by atoms with E-state index < -0.39 is 0 Å². The van der Waals surface area contributed by atoms with Gasteiger partial charge in [0.15, 0.2) is 0 Å². The van der Waals surface area contributed by atoms with Crippen molar-refractivity contribution in [2.45, 2.75) is 51.5 Å². The number of ether oxygens (including phenoxy) is 1. The number of likely N-dealkylation sites (N-methyl/N-ethyl adjacent to an activating group) is 1. The van der Waals surface area contributed by atoms with E-state index in [4.69, 9.17) is 4.74 Å². The van der Waals surface area contributed by atoms with E-state index in [9.17, 15) is 9.59 Å². The lowest BCUT2D eigenvalue weighted by molar-refractivity contribution is -0.143. The Labute approximate surface area is 134 Å². The van der Waals surface area contributed by atoms with Crippen LogP contribution in [-0.2, 0) is 9.53 Å². The quantitative estimate of drug-likeness (QED) is 0.695. The van der Waals surface area contributed by atoms with Crippen molar-refractivity contribution in [3.8, 4) is 0 Å². The van der Waals surface area contributed by atoms with Gasteiger partial charge in [0.05, 0.1) is 13.0 Å². The number of amides is 2. The zero-order chi connectivity index (χ0) is 16.4. The molecule has 0 aromatic rings. The Kier molecular flexibility index (Phi) is 8.89. The second-order valence-corrected chi connectivity index (χ2v) is 6.13. The van der Waals surface area contributed by atoms with E-state index in [0.717, 1.165) is 19.4 Å². The molecule has 2 amide bonds. The molecule has 1 aliphatic rings. The molecule has 0 heterocycles. The van der Waals surface area contributed by atoms with E-state index in [1.54, 1.807) is 11.8 Å². The highest BCUT2D eigenvalue weighted by atomic mass is 16.5. The second kappa shape index (κ2) is 10.4. The first-order valence-corrected chi connectivity index (χ1v) is 8.38. The molecule has 1 aliphatic carbocycles. The zero-order valence-electron chi connectivity index (χ0n) is 14.3. The lowest BCUT2D eigenvalue weighted by Crippen LogP contribution is -2.48. The molecule has 0 aliphatic heterocycles. The van der Waals surface area contributed by atoms with E-state index in [1.807, 2.05) is 19.0 Å². The highest BCUT2D eigenvalue weighted by Gasteiger charge is 2.20. The third-order valence-corrected chi connectivity index (χ3v) is 3.93. The number of carbonyl (C=O) groups excluding carboxylic acids is 2. The molecule has 1 N–H and O–H groups in total. The minimum Gasteiger partial charge on any atom is -0.466 e. The van der Waals surface area contributed by atoms with Crippen molar-refractivity contribution in [1.29, 1.82) is 0 Å². The summed E-state index contributed by atoms with van der Waals surface area (Å²) < 4.78 is 4.94. The summed E-state index contributed by atoms with van der Waals surface area (Å²) in [7, 11) is 3.95. The molecule has 0 unspecified atom stereocenters. The van der Waals surface area contributed by atoms with Gasteiger partial charge < -0.3 is 19.9 Å². The average Bonchev–Trinajstić information content (AvgIpc) is 2.48. The standard InChI is InChI=1S/C16H31N3O3/c1-4-22-15(20)10-11-19(13-12-18(2)3)16(21)17-14-8-6-5-7-9-14/h14H,4-13H2,1-3H3,(H,17,21). The minimum absolute atomic E-state index is 0.0574. The molecule has 0 bridgehead atoms. The van der Waals surface area contributed by atoms with Gasteiger partial charge in [-0.05, 0) is 33.9 Å². The van der Waals surface area contributed by atoms with Crippen LogP contribution in [0.4, 0.5) is 4.79 Å². The molecule has 0 atom stereocenters. The van der Waals surface area contributed by atoms with Crippen LogP contribution in [0.25, 0.3) is 0 Å². The van der Waals surface area contributed by atoms with Gasteiger partial charge in [0.1, 0.15) is 0 Å². The fraction of sp³-hybridized carbons (Fsp3) is 0.875. The summed E-state index contributed by atoms with van der Waals surface area (Å²) in [5.74, 6) is -0.247. The summed E-state index contributed by atoms with van der Waals surface area (Å²) in [5.41, 5.74) is 0. The van der Waals surface area contributed by atoms with E-state index >= 15 is 0 Å². The summed E-state index contributed by atoms with van der Waals surface area (Å²) in [6.45, 7) is 3.97. The van der Waals surface area contributed by atoms with Gasteiger partial charge in [-0.25, -0.2) is 4.79 Å². The number of hydrogen-bond acceptors (Lipinski definition) is 4. The SMILES string of the molecule is CCOC(=O)CCN(CCN(C)C)C(=O)NC1CCCCC1. The third-order valence-electron chi connectivity index (χ3n) is 3.93. The van der Waals surface area contributed by atoms with Crippen molar-refractivity contribution in [3.63, 3.8) is 0 Å². The van der Waals surface area contributed by atoms with Crippen molar-refractivity contribution in [2.24, 2.45) is 0 Å². The van der Waals surface area contributed by atoms with Crippen molar-refractivity contribution in [1.82, 2.24) is 15.1 Å². The lowest BCUT2D eigenvalue weighted by Gasteiger charge is -2.29. The summed E-state index contributed by atoms with van der Waals surface area (Å²) in [5, 5.41) is 3.11. The molecule has 22 heavy (non-hydrogen) atoms. The molecule has 6 nitrogen and oxygen atoms in total. The van der Waals surface area contributed by atoms with Crippen LogP contribution >= 0.6 is 0 Å². The van der Waals surface area contributed by atoms with Crippen molar-refractivity contribution in [2.75, 3.05) is 40.3 Å². The van der Waals surface area contributed by atoms with Crippen LogP contribution in [0.2, 0.25) is 0 Å². The number of hydrogen-bond donors (Lipinski definition) is 1. The van der Waals surface area contributed by atoms with Gasteiger partial charge in [-0.1, -0.05) is 19.3 Å². The first-order chi connectivity index (χ1) is 10.5. The Bertz CT molecular complexity index is 342. The Balaban J connectivity index is 2.46. The van der Waals surface area contributed by atoms with Gasteiger partial charge in [-0.15, -0.1) is 0 Å². The first kappa shape index (κ1) is 18.7. The molecule has 1 saturated carbocycles. The molecule has 6 heteroatoms. The van der Waals surface area contributed by atoms with Crippen LogP contribution in [0.15, 0.2) is 0 Å². The van der Waals surface area contributed by atoms with Gasteiger partial charge in [-0.3, -0.25) is 4.79 Å². The van der Waals surface area contributed by atoms with Gasteiger partial charge in [0.2, 0.25) is 0 Å². The van der Waals surface area contributed by atoms with Gasteiger partial charge >= 0.3 is 12.0 Å². The molecule has 0 spiro atoms. The van der Waals surface area contributed by atoms with Crippen LogP contribution < -0.4 is 5.32 Å². The molecule has 128 valence electrons. The third kappa shape index (κ3) is 7.64. The number of rotatable bonds is 8. The fourth-order valence-electron chi connectivity index (χ4n) is 2.61. The monoisotopic (exact) mass is 313 g/mol. The van der Waals surface area contributed by atoms with Gasteiger partial charge in [0, 0.05) is 25.7 Å². The highest BCUT2D eigenvalue weighted by Crippen LogP contribution is 2.17. The van der Waals surface area contributed by atoms with E-state index in [2.05, 4.69) is 5.32 Å². The molecule has 0 saturated heterocycles. The normalized spacial score (nSPS) is 15.6. The second-order valence-electron chi connectivity index (χ2n) is 6.13. The maximum atomic E-state index is 12.4. The van der Waals surface area contributed by atoms with Crippen LogP contribution in [0, 0.1) is 0 Å². The number of carbonyl (C=O) groups is 2. The lowest BCUT2D eigenvalue weighted by atomic mass is 9.96. The maximum Gasteiger partial charge on any atom is 0.317 e. The Morgan fingerprint density at radius 3 is 2.36 bits per heavy atom.